The van der Waals surface area contributed by atoms with Crippen LogP contribution in [0.5, 0.6) is 11.6 Å². The maximum absolute atomic E-state index is 9.10. The SMILES string of the molecule is Cn1ccc2cc(Oc3ncnc4c3CCN(CCO)C4)ccc21. The van der Waals surface area contributed by atoms with Crippen LogP contribution in [-0.2, 0) is 20.0 Å². The van der Waals surface area contributed by atoms with Gasteiger partial charge in [-0.05, 0) is 30.7 Å². The number of aryl methyl sites for hydroxylation is 1. The molecule has 0 saturated carbocycles. The van der Waals surface area contributed by atoms with Crippen LogP contribution < -0.4 is 4.74 Å². The van der Waals surface area contributed by atoms with Crippen molar-refractivity contribution in [2.75, 3.05) is 19.7 Å². The zero-order chi connectivity index (χ0) is 16.5. The molecule has 1 aliphatic rings. The minimum Gasteiger partial charge on any atom is -0.439 e. The molecule has 0 spiro atoms. The van der Waals surface area contributed by atoms with Crippen molar-refractivity contribution >= 4 is 10.9 Å². The van der Waals surface area contributed by atoms with E-state index < -0.39 is 0 Å². The smallest absolute Gasteiger partial charge is 0.225 e. The molecule has 0 bridgehead atoms. The van der Waals surface area contributed by atoms with Gasteiger partial charge in [0.1, 0.15) is 12.1 Å². The number of fused-ring (bicyclic) bond motifs is 2. The third kappa shape index (κ3) is 2.74. The zero-order valence-corrected chi connectivity index (χ0v) is 13.6. The summed E-state index contributed by atoms with van der Waals surface area (Å²) in [4.78, 5) is 10.9. The van der Waals surface area contributed by atoms with Gasteiger partial charge in [0, 0.05) is 49.3 Å². The van der Waals surface area contributed by atoms with Crippen molar-refractivity contribution in [2.24, 2.45) is 7.05 Å². The number of aliphatic hydroxyl groups is 1. The summed E-state index contributed by atoms with van der Waals surface area (Å²) in [5, 5.41) is 10.2. The molecule has 1 aliphatic heterocycles. The summed E-state index contributed by atoms with van der Waals surface area (Å²) < 4.78 is 8.15. The van der Waals surface area contributed by atoms with Crippen LogP contribution in [0.2, 0.25) is 0 Å². The van der Waals surface area contributed by atoms with Gasteiger partial charge in [-0.3, -0.25) is 4.90 Å². The number of ether oxygens (including phenoxy) is 1. The Morgan fingerprint density at radius 1 is 1.25 bits per heavy atom. The predicted molar refractivity (Wildman–Crippen MR) is 91.1 cm³/mol. The molecule has 0 amide bonds. The number of aromatic nitrogens is 3. The highest BCUT2D eigenvalue weighted by Gasteiger charge is 2.21. The largest absolute Gasteiger partial charge is 0.439 e. The fourth-order valence-electron chi connectivity index (χ4n) is 3.23. The molecule has 3 aromatic rings. The van der Waals surface area contributed by atoms with Gasteiger partial charge in [0.25, 0.3) is 0 Å². The summed E-state index contributed by atoms with van der Waals surface area (Å²) in [6, 6.07) is 8.13. The van der Waals surface area contributed by atoms with E-state index >= 15 is 0 Å². The van der Waals surface area contributed by atoms with Gasteiger partial charge in [-0.2, -0.15) is 0 Å². The van der Waals surface area contributed by atoms with Crippen molar-refractivity contribution in [2.45, 2.75) is 13.0 Å². The first-order chi connectivity index (χ1) is 11.7. The Bertz CT molecular complexity index is 875. The van der Waals surface area contributed by atoms with Gasteiger partial charge < -0.3 is 14.4 Å². The van der Waals surface area contributed by atoms with Crippen LogP contribution in [0.1, 0.15) is 11.3 Å². The van der Waals surface area contributed by atoms with Gasteiger partial charge in [0.2, 0.25) is 5.88 Å². The average molecular weight is 324 g/mol. The second kappa shape index (κ2) is 6.22. The molecule has 24 heavy (non-hydrogen) atoms. The standard InChI is InChI=1S/C18H20N4O2/c1-21-6-4-13-10-14(2-3-17(13)21)24-18-15-5-7-22(8-9-23)11-16(15)19-12-20-18/h2-4,6,10,12,23H,5,7-9,11H2,1H3. The third-order valence-corrected chi connectivity index (χ3v) is 4.53. The number of rotatable bonds is 4. The summed E-state index contributed by atoms with van der Waals surface area (Å²) in [6.45, 7) is 2.45. The Kier molecular flexibility index (Phi) is 3.92. The Balaban J connectivity index is 1.61. The van der Waals surface area contributed by atoms with E-state index in [4.69, 9.17) is 9.84 Å². The van der Waals surface area contributed by atoms with Crippen molar-refractivity contribution in [3.05, 3.63) is 48.0 Å². The average Bonchev–Trinajstić information content (AvgIpc) is 2.96. The van der Waals surface area contributed by atoms with Crippen molar-refractivity contribution < 1.29 is 9.84 Å². The third-order valence-electron chi connectivity index (χ3n) is 4.53. The molecule has 6 heteroatoms. The lowest BCUT2D eigenvalue weighted by molar-refractivity contribution is 0.181. The van der Waals surface area contributed by atoms with E-state index in [0.29, 0.717) is 12.4 Å². The molecule has 3 heterocycles. The Morgan fingerprint density at radius 2 is 2.17 bits per heavy atom. The molecule has 0 atom stereocenters. The Morgan fingerprint density at radius 3 is 3.04 bits per heavy atom. The number of benzene rings is 1. The molecule has 0 radical (unpaired) electrons. The molecule has 4 rings (SSSR count). The highest BCUT2D eigenvalue weighted by atomic mass is 16.5. The number of hydrogen-bond acceptors (Lipinski definition) is 5. The lowest BCUT2D eigenvalue weighted by Gasteiger charge is -2.27. The lowest BCUT2D eigenvalue weighted by Crippen LogP contribution is -2.33. The molecule has 1 aromatic carbocycles. The van der Waals surface area contributed by atoms with E-state index in [2.05, 4.69) is 31.6 Å². The molecule has 1 N–H and O–H groups in total. The number of aliphatic hydroxyl groups excluding tert-OH is 1. The molecule has 0 fully saturated rings. The van der Waals surface area contributed by atoms with Crippen LogP contribution in [0.25, 0.3) is 10.9 Å². The second-order valence-corrected chi connectivity index (χ2v) is 6.10. The first kappa shape index (κ1) is 15.1. The molecule has 0 saturated heterocycles. The maximum Gasteiger partial charge on any atom is 0.225 e. The monoisotopic (exact) mass is 324 g/mol. The summed E-state index contributed by atoms with van der Waals surface area (Å²) >= 11 is 0. The van der Waals surface area contributed by atoms with E-state index in [-0.39, 0.29) is 6.61 Å². The molecule has 124 valence electrons. The van der Waals surface area contributed by atoms with Crippen LogP contribution in [0.4, 0.5) is 0 Å². The molecule has 2 aromatic heterocycles. The van der Waals surface area contributed by atoms with Crippen LogP contribution in [0, 0.1) is 0 Å². The van der Waals surface area contributed by atoms with Gasteiger partial charge in [-0.25, -0.2) is 9.97 Å². The summed E-state index contributed by atoms with van der Waals surface area (Å²) in [7, 11) is 2.03. The minimum absolute atomic E-state index is 0.168. The van der Waals surface area contributed by atoms with Gasteiger partial charge >= 0.3 is 0 Å². The zero-order valence-electron chi connectivity index (χ0n) is 13.6. The molecule has 0 aliphatic carbocycles. The predicted octanol–water partition coefficient (Wildman–Crippen LogP) is 2.11. The first-order valence-corrected chi connectivity index (χ1v) is 8.13. The quantitative estimate of drug-likeness (QED) is 0.796. The lowest BCUT2D eigenvalue weighted by atomic mass is 10.1. The van der Waals surface area contributed by atoms with Crippen molar-refractivity contribution in [1.82, 2.24) is 19.4 Å². The molecular weight excluding hydrogens is 304 g/mol. The molecule has 6 nitrogen and oxygen atoms in total. The fourth-order valence-corrected chi connectivity index (χ4v) is 3.23. The number of nitrogens with zero attached hydrogens (tertiary/aromatic N) is 4. The van der Waals surface area contributed by atoms with Crippen LogP contribution in [0.15, 0.2) is 36.8 Å². The normalized spacial score (nSPS) is 14.8. The summed E-state index contributed by atoms with van der Waals surface area (Å²) in [5.41, 5.74) is 3.23. The molecular formula is C18H20N4O2. The first-order valence-electron chi connectivity index (χ1n) is 8.13. The Hall–Kier alpha value is -2.44. The van der Waals surface area contributed by atoms with Gasteiger partial charge in [-0.15, -0.1) is 0 Å². The minimum atomic E-state index is 0.168. The van der Waals surface area contributed by atoms with Gasteiger partial charge in [-0.1, -0.05) is 0 Å². The van der Waals surface area contributed by atoms with Crippen molar-refractivity contribution in [3.8, 4) is 11.6 Å². The van der Waals surface area contributed by atoms with E-state index in [9.17, 15) is 0 Å². The summed E-state index contributed by atoms with van der Waals surface area (Å²) in [5.74, 6) is 1.42. The highest BCUT2D eigenvalue weighted by Crippen LogP contribution is 2.30. The maximum atomic E-state index is 9.10. The highest BCUT2D eigenvalue weighted by molar-refractivity contribution is 5.81. The van der Waals surface area contributed by atoms with E-state index in [0.717, 1.165) is 41.9 Å². The number of hydrogen-bond donors (Lipinski definition) is 1. The number of β-amino-alcohol motifs (C(OH)–C–C–N with tert-alkyl or cyclic N) is 1. The van der Waals surface area contributed by atoms with Crippen LogP contribution >= 0.6 is 0 Å². The van der Waals surface area contributed by atoms with E-state index in [1.165, 1.54) is 5.52 Å². The van der Waals surface area contributed by atoms with E-state index in [1.54, 1.807) is 6.33 Å². The van der Waals surface area contributed by atoms with Crippen molar-refractivity contribution in [1.29, 1.82) is 0 Å². The van der Waals surface area contributed by atoms with Gasteiger partial charge in [0.05, 0.1) is 12.3 Å². The van der Waals surface area contributed by atoms with Crippen molar-refractivity contribution in [3.63, 3.8) is 0 Å². The summed E-state index contributed by atoms with van der Waals surface area (Å²) in [6.07, 6.45) is 4.42. The van der Waals surface area contributed by atoms with Crippen LogP contribution in [-0.4, -0.2) is 44.2 Å². The van der Waals surface area contributed by atoms with Gasteiger partial charge in [0.15, 0.2) is 0 Å². The topological polar surface area (TPSA) is 63.4 Å². The Labute approximate surface area is 140 Å². The van der Waals surface area contributed by atoms with Crippen LogP contribution in [0.3, 0.4) is 0 Å². The van der Waals surface area contributed by atoms with E-state index in [1.807, 2.05) is 25.4 Å². The second-order valence-electron chi connectivity index (χ2n) is 6.10. The fraction of sp³-hybridized carbons (Fsp3) is 0.333. The molecule has 0 unspecified atom stereocenters.